The fourth-order valence-electron chi connectivity index (χ4n) is 2.21. The molecule has 2 rings (SSSR count). The van der Waals surface area contributed by atoms with Gasteiger partial charge in [0, 0.05) is 0 Å². The second-order valence-corrected chi connectivity index (χ2v) is 5.71. The van der Waals surface area contributed by atoms with Crippen LogP contribution in [0.15, 0.2) is 61.2 Å². The van der Waals surface area contributed by atoms with Gasteiger partial charge in [0.15, 0.2) is 0 Å². The van der Waals surface area contributed by atoms with Crippen LogP contribution in [0.4, 0.5) is 0 Å². The van der Waals surface area contributed by atoms with E-state index in [9.17, 15) is 0 Å². The Labute approximate surface area is 123 Å². The Bertz CT molecular complexity index is 591. The van der Waals surface area contributed by atoms with Crippen molar-refractivity contribution in [2.45, 2.75) is 11.2 Å². The Morgan fingerprint density at radius 2 is 1.89 bits per heavy atom. The molecule has 0 aliphatic rings. The second-order valence-electron chi connectivity index (χ2n) is 4.46. The minimum absolute atomic E-state index is 0.396. The van der Waals surface area contributed by atoms with Crippen LogP contribution in [0, 0.1) is 6.92 Å². The highest BCUT2D eigenvalue weighted by Crippen LogP contribution is 2.42. The monoisotopic (exact) mass is 316 g/mol. The Morgan fingerprint density at radius 3 is 2.53 bits per heavy atom. The molecule has 0 heterocycles. The first kappa shape index (κ1) is 13.9. The summed E-state index contributed by atoms with van der Waals surface area (Å²) in [5, 5.41) is 0. The molecule has 2 aromatic rings. The van der Waals surface area contributed by atoms with Gasteiger partial charge in [-0.05, 0) is 35.7 Å². The average Bonchev–Trinajstić information content (AvgIpc) is 2.47. The van der Waals surface area contributed by atoms with Crippen LogP contribution in [0.3, 0.4) is 0 Å². The molecule has 0 saturated carbocycles. The number of allylic oxidation sites excluding steroid dienone is 1. The molecule has 19 heavy (non-hydrogen) atoms. The predicted octanol–water partition coefficient (Wildman–Crippen LogP) is 4.83. The number of halogens is 1. The van der Waals surface area contributed by atoms with E-state index in [1.54, 1.807) is 7.11 Å². The molecule has 0 amide bonds. The van der Waals surface area contributed by atoms with Crippen LogP contribution in [0.2, 0.25) is 0 Å². The van der Waals surface area contributed by atoms with Crippen LogP contribution in [-0.2, 0) is 4.32 Å². The third-order valence-electron chi connectivity index (χ3n) is 3.31. The third kappa shape index (κ3) is 2.59. The van der Waals surface area contributed by atoms with E-state index in [4.69, 9.17) is 4.74 Å². The van der Waals surface area contributed by atoms with E-state index < -0.39 is 4.32 Å². The number of ether oxygens (including phenoxy) is 1. The Morgan fingerprint density at radius 1 is 1.16 bits per heavy atom. The van der Waals surface area contributed by atoms with Gasteiger partial charge in [0.2, 0.25) is 0 Å². The van der Waals surface area contributed by atoms with Gasteiger partial charge in [-0.1, -0.05) is 58.4 Å². The van der Waals surface area contributed by atoms with E-state index in [0.29, 0.717) is 0 Å². The van der Waals surface area contributed by atoms with E-state index in [-0.39, 0.29) is 0 Å². The molecule has 1 atom stereocenters. The largest absolute Gasteiger partial charge is 0.497 e. The minimum Gasteiger partial charge on any atom is -0.497 e. The average molecular weight is 317 g/mol. The Kier molecular flexibility index (Phi) is 4.11. The van der Waals surface area contributed by atoms with Gasteiger partial charge in [0.1, 0.15) is 5.75 Å². The molecule has 2 aromatic carbocycles. The van der Waals surface area contributed by atoms with E-state index in [1.165, 1.54) is 11.1 Å². The summed E-state index contributed by atoms with van der Waals surface area (Å²) in [7, 11) is 1.68. The first-order valence-corrected chi connectivity index (χ1v) is 6.94. The van der Waals surface area contributed by atoms with Crippen molar-refractivity contribution in [3.63, 3.8) is 0 Å². The van der Waals surface area contributed by atoms with Gasteiger partial charge in [0.05, 0.1) is 11.4 Å². The number of benzene rings is 2. The first-order valence-electron chi connectivity index (χ1n) is 6.15. The Hall–Kier alpha value is -1.54. The van der Waals surface area contributed by atoms with Crippen LogP contribution < -0.4 is 4.74 Å². The van der Waals surface area contributed by atoms with Crippen molar-refractivity contribution in [1.82, 2.24) is 0 Å². The number of hydrogen-bond acceptors (Lipinski definition) is 1. The van der Waals surface area contributed by atoms with E-state index in [0.717, 1.165) is 11.3 Å². The van der Waals surface area contributed by atoms with Gasteiger partial charge in [-0.15, -0.1) is 6.58 Å². The van der Waals surface area contributed by atoms with Crippen LogP contribution in [0.1, 0.15) is 16.7 Å². The molecule has 1 unspecified atom stereocenters. The lowest BCUT2D eigenvalue weighted by Crippen LogP contribution is -2.17. The lowest BCUT2D eigenvalue weighted by molar-refractivity contribution is 0.414. The molecule has 0 fully saturated rings. The van der Waals surface area contributed by atoms with Crippen molar-refractivity contribution in [3.05, 3.63) is 77.9 Å². The summed E-state index contributed by atoms with van der Waals surface area (Å²) in [5.41, 5.74) is 3.52. The Balaban J connectivity index is 2.59. The maximum Gasteiger partial charge on any atom is 0.119 e. The van der Waals surface area contributed by atoms with Gasteiger partial charge < -0.3 is 4.74 Å². The number of rotatable bonds is 4. The summed E-state index contributed by atoms with van der Waals surface area (Å²) >= 11 is 3.84. The van der Waals surface area contributed by atoms with Crippen molar-refractivity contribution in [2.24, 2.45) is 0 Å². The number of aryl methyl sites for hydroxylation is 1. The van der Waals surface area contributed by atoms with Crippen molar-refractivity contribution in [2.75, 3.05) is 7.11 Å². The molecular weight excluding hydrogens is 300 g/mol. The molecular formula is C17H17BrO. The normalized spacial score (nSPS) is 13.6. The van der Waals surface area contributed by atoms with Crippen molar-refractivity contribution < 1.29 is 4.74 Å². The number of alkyl halides is 1. The summed E-state index contributed by atoms with van der Waals surface area (Å²) in [6.45, 7) is 6.10. The zero-order chi connectivity index (χ0) is 13.9. The number of hydrogen-bond donors (Lipinski definition) is 0. The standard InChI is InChI=1S/C17H17BrO/c1-4-17(18,16-11-6-5-8-13(16)2)14-9-7-10-15(12-14)19-3/h4-12H,1H2,2-3H3. The summed E-state index contributed by atoms with van der Waals surface area (Å²) in [4.78, 5) is 0. The first-order chi connectivity index (χ1) is 9.11. The van der Waals surface area contributed by atoms with E-state index in [2.05, 4.69) is 47.6 Å². The van der Waals surface area contributed by atoms with Gasteiger partial charge in [-0.2, -0.15) is 0 Å². The molecule has 0 aromatic heterocycles. The zero-order valence-corrected chi connectivity index (χ0v) is 12.8. The minimum atomic E-state index is -0.396. The molecule has 0 radical (unpaired) electrons. The third-order valence-corrected chi connectivity index (χ3v) is 4.52. The van der Waals surface area contributed by atoms with Crippen LogP contribution in [0.5, 0.6) is 5.75 Å². The van der Waals surface area contributed by atoms with Crippen molar-refractivity contribution >= 4 is 15.9 Å². The summed E-state index contributed by atoms with van der Waals surface area (Å²) < 4.78 is 4.91. The molecule has 0 spiro atoms. The molecule has 0 aliphatic carbocycles. The fraction of sp³-hybridized carbons (Fsp3) is 0.176. The lowest BCUT2D eigenvalue weighted by atomic mass is 9.88. The van der Waals surface area contributed by atoms with E-state index >= 15 is 0 Å². The highest BCUT2D eigenvalue weighted by atomic mass is 79.9. The fourth-order valence-corrected chi connectivity index (χ4v) is 2.91. The molecule has 0 saturated heterocycles. The maximum atomic E-state index is 5.31. The zero-order valence-electron chi connectivity index (χ0n) is 11.2. The second kappa shape index (κ2) is 5.62. The molecule has 98 valence electrons. The summed E-state index contributed by atoms with van der Waals surface area (Å²) in [5.74, 6) is 0.844. The SMILES string of the molecule is C=CC(Br)(c1cccc(OC)c1)c1ccccc1C. The van der Waals surface area contributed by atoms with Crippen molar-refractivity contribution in [1.29, 1.82) is 0 Å². The molecule has 0 aliphatic heterocycles. The van der Waals surface area contributed by atoms with Crippen LogP contribution in [0.25, 0.3) is 0 Å². The smallest absolute Gasteiger partial charge is 0.119 e. The topological polar surface area (TPSA) is 9.23 Å². The van der Waals surface area contributed by atoms with Crippen LogP contribution >= 0.6 is 15.9 Å². The molecule has 0 N–H and O–H groups in total. The molecule has 0 bridgehead atoms. The number of methoxy groups -OCH3 is 1. The lowest BCUT2D eigenvalue weighted by Gasteiger charge is -2.27. The summed E-state index contributed by atoms with van der Waals surface area (Å²) in [6.07, 6.45) is 1.92. The van der Waals surface area contributed by atoms with Gasteiger partial charge in [-0.3, -0.25) is 0 Å². The predicted molar refractivity (Wildman–Crippen MR) is 84.1 cm³/mol. The van der Waals surface area contributed by atoms with E-state index in [1.807, 2.05) is 36.4 Å². The van der Waals surface area contributed by atoms with Gasteiger partial charge >= 0.3 is 0 Å². The molecule has 2 heteroatoms. The van der Waals surface area contributed by atoms with Crippen molar-refractivity contribution in [3.8, 4) is 5.75 Å². The van der Waals surface area contributed by atoms with Gasteiger partial charge in [0.25, 0.3) is 0 Å². The van der Waals surface area contributed by atoms with Crippen LogP contribution in [-0.4, -0.2) is 7.11 Å². The van der Waals surface area contributed by atoms with Gasteiger partial charge in [-0.25, -0.2) is 0 Å². The highest BCUT2D eigenvalue weighted by molar-refractivity contribution is 9.09. The summed E-state index contributed by atoms with van der Waals surface area (Å²) in [6, 6.07) is 16.3. The quantitative estimate of drug-likeness (QED) is 0.580. The maximum absolute atomic E-state index is 5.31. The molecule has 1 nitrogen and oxygen atoms in total. The highest BCUT2D eigenvalue weighted by Gasteiger charge is 2.29.